The fraction of sp³-hybridized carbons (Fsp3) is 0.429. The Morgan fingerprint density at radius 2 is 2.23 bits per heavy atom. The maximum absolute atomic E-state index is 12.5. The van der Waals surface area contributed by atoms with Crippen LogP contribution < -0.4 is 5.32 Å². The van der Waals surface area contributed by atoms with E-state index in [1.165, 1.54) is 17.8 Å². The number of carboxylic acids is 1. The van der Waals surface area contributed by atoms with Crippen LogP contribution >= 0.6 is 0 Å². The SMILES string of the molecule is COCC(C)(CC(=O)O)NC(=O)c1cnn2ccc(C)nc12. The first-order valence-electron chi connectivity index (χ1n) is 6.69. The normalized spacial score (nSPS) is 13.8. The van der Waals surface area contributed by atoms with Crippen LogP contribution in [0.1, 0.15) is 29.4 Å². The Morgan fingerprint density at radius 3 is 2.86 bits per heavy atom. The molecule has 0 aliphatic heterocycles. The van der Waals surface area contributed by atoms with Crippen molar-refractivity contribution in [3.63, 3.8) is 0 Å². The molecule has 8 heteroatoms. The molecule has 1 amide bonds. The fourth-order valence-corrected chi connectivity index (χ4v) is 2.24. The molecule has 0 radical (unpaired) electrons. The van der Waals surface area contributed by atoms with Gasteiger partial charge in [0, 0.05) is 19.0 Å². The van der Waals surface area contributed by atoms with Gasteiger partial charge in [0.1, 0.15) is 5.56 Å². The molecule has 0 saturated heterocycles. The Balaban J connectivity index is 2.29. The van der Waals surface area contributed by atoms with Crippen molar-refractivity contribution in [2.45, 2.75) is 25.8 Å². The topological polar surface area (TPSA) is 106 Å². The van der Waals surface area contributed by atoms with E-state index < -0.39 is 17.4 Å². The lowest BCUT2D eigenvalue weighted by Crippen LogP contribution is -2.50. The maximum Gasteiger partial charge on any atom is 0.305 e. The van der Waals surface area contributed by atoms with E-state index in [9.17, 15) is 9.59 Å². The molecule has 0 aliphatic carbocycles. The first-order chi connectivity index (χ1) is 10.3. The zero-order chi connectivity index (χ0) is 16.3. The van der Waals surface area contributed by atoms with E-state index in [1.807, 2.05) is 6.92 Å². The standard InChI is InChI=1S/C14H18N4O4/c1-9-4-5-18-12(16-9)10(7-15-18)13(21)17-14(2,8-22-3)6-11(19)20/h4-5,7H,6,8H2,1-3H3,(H,17,21)(H,19,20). The highest BCUT2D eigenvalue weighted by atomic mass is 16.5. The van der Waals surface area contributed by atoms with Gasteiger partial charge in [0.05, 0.1) is 24.8 Å². The van der Waals surface area contributed by atoms with Gasteiger partial charge < -0.3 is 15.2 Å². The molecule has 2 rings (SSSR count). The molecule has 0 saturated carbocycles. The number of aliphatic carboxylic acids is 1. The number of rotatable bonds is 6. The smallest absolute Gasteiger partial charge is 0.305 e. The summed E-state index contributed by atoms with van der Waals surface area (Å²) in [6.07, 6.45) is 2.86. The van der Waals surface area contributed by atoms with Crippen molar-refractivity contribution in [2.24, 2.45) is 0 Å². The summed E-state index contributed by atoms with van der Waals surface area (Å²) in [5.74, 6) is -1.46. The van der Waals surface area contributed by atoms with E-state index in [2.05, 4.69) is 15.4 Å². The maximum atomic E-state index is 12.5. The van der Waals surface area contributed by atoms with Gasteiger partial charge in [0.25, 0.3) is 5.91 Å². The van der Waals surface area contributed by atoms with Crippen molar-refractivity contribution in [3.05, 3.63) is 29.7 Å². The number of ether oxygens (including phenoxy) is 1. The number of aromatic nitrogens is 3. The monoisotopic (exact) mass is 306 g/mol. The predicted molar refractivity (Wildman–Crippen MR) is 77.7 cm³/mol. The number of aryl methyl sites for hydroxylation is 1. The molecule has 0 fully saturated rings. The van der Waals surface area contributed by atoms with E-state index in [-0.39, 0.29) is 18.6 Å². The molecule has 118 valence electrons. The fourth-order valence-electron chi connectivity index (χ4n) is 2.24. The molecule has 22 heavy (non-hydrogen) atoms. The molecular formula is C14H18N4O4. The Kier molecular flexibility index (Phi) is 4.41. The first-order valence-corrected chi connectivity index (χ1v) is 6.69. The van der Waals surface area contributed by atoms with Crippen LogP contribution in [0.4, 0.5) is 0 Å². The summed E-state index contributed by atoms with van der Waals surface area (Å²) in [7, 11) is 1.45. The van der Waals surface area contributed by atoms with Gasteiger partial charge in [-0.2, -0.15) is 5.10 Å². The molecule has 0 aromatic carbocycles. The molecule has 8 nitrogen and oxygen atoms in total. The van der Waals surface area contributed by atoms with Gasteiger partial charge >= 0.3 is 5.97 Å². The van der Waals surface area contributed by atoms with Gasteiger partial charge in [0.2, 0.25) is 0 Å². The second-order valence-electron chi connectivity index (χ2n) is 5.41. The van der Waals surface area contributed by atoms with Gasteiger partial charge in [-0.15, -0.1) is 0 Å². The summed E-state index contributed by atoms with van der Waals surface area (Å²) < 4.78 is 6.51. The first kappa shape index (κ1) is 15.9. The van der Waals surface area contributed by atoms with E-state index >= 15 is 0 Å². The number of hydrogen-bond donors (Lipinski definition) is 2. The summed E-state index contributed by atoms with van der Waals surface area (Å²) in [4.78, 5) is 27.7. The van der Waals surface area contributed by atoms with Crippen molar-refractivity contribution in [1.82, 2.24) is 19.9 Å². The zero-order valence-electron chi connectivity index (χ0n) is 12.7. The number of amides is 1. The van der Waals surface area contributed by atoms with E-state index in [0.29, 0.717) is 5.65 Å². The molecule has 1 unspecified atom stereocenters. The summed E-state index contributed by atoms with van der Waals surface area (Å²) in [5.41, 5.74) is 0.451. The average Bonchev–Trinajstić information content (AvgIpc) is 2.80. The Labute approximate surface area is 127 Å². The van der Waals surface area contributed by atoms with Crippen LogP contribution in [0.15, 0.2) is 18.5 Å². The highest BCUT2D eigenvalue weighted by molar-refractivity contribution is 6.00. The van der Waals surface area contributed by atoms with Gasteiger partial charge in [-0.05, 0) is 19.9 Å². The number of carboxylic acid groups (broad SMARTS) is 1. The minimum atomic E-state index is -1.02. The van der Waals surface area contributed by atoms with Crippen LogP contribution in [0, 0.1) is 6.92 Å². The van der Waals surface area contributed by atoms with Gasteiger partial charge in [-0.25, -0.2) is 9.50 Å². The summed E-state index contributed by atoms with van der Waals surface area (Å²) in [6, 6.07) is 1.78. The van der Waals surface area contributed by atoms with E-state index in [1.54, 1.807) is 19.2 Å². The molecule has 2 heterocycles. The molecule has 1 atom stereocenters. The number of nitrogens with one attached hydrogen (secondary N) is 1. The van der Waals surface area contributed by atoms with Crippen LogP contribution in [-0.2, 0) is 9.53 Å². The summed E-state index contributed by atoms with van der Waals surface area (Å²) in [5, 5.41) is 15.8. The lowest BCUT2D eigenvalue weighted by Gasteiger charge is -2.28. The predicted octanol–water partition coefficient (Wildman–Crippen LogP) is 0.647. The van der Waals surface area contributed by atoms with Crippen molar-refractivity contribution in [2.75, 3.05) is 13.7 Å². The Hall–Kier alpha value is -2.48. The largest absolute Gasteiger partial charge is 0.481 e. The Bertz CT molecular complexity index is 712. The van der Waals surface area contributed by atoms with Gasteiger partial charge in [-0.1, -0.05) is 0 Å². The number of nitrogens with zero attached hydrogens (tertiary/aromatic N) is 3. The van der Waals surface area contributed by atoms with E-state index in [4.69, 9.17) is 9.84 Å². The molecule has 0 spiro atoms. The number of fused-ring (bicyclic) bond motifs is 1. The third kappa shape index (κ3) is 3.40. The van der Waals surface area contributed by atoms with E-state index in [0.717, 1.165) is 5.69 Å². The van der Waals surface area contributed by atoms with Crippen molar-refractivity contribution in [1.29, 1.82) is 0 Å². The third-order valence-corrected chi connectivity index (χ3v) is 3.17. The molecule has 0 aliphatic rings. The van der Waals surface area contributed by atoms with Gasteiger partial charge in [0.15, 0.2) is 5.65 Å². The minimum absolute atomic E-state index is 0.0801. The number of carbonyl (C=O) groups excluding carboxylic acids is 1. The molecule has 0 bridgehead atoms. The molecule has 2 aromatic rings. The third-order valence-electron chi connectivity index (χ3n) is 3.17. The van der Waals surface area contributed by atoms with Crippen molar-refractivity contribution < 1.29 is 19.4 Å². The van der Waals surface area contributed by atoms with Crippen LogP contribution in [0.2, 0.25) is 0 Å². The molecule has 2 aromatic heterocycles. The Morgan fingerprint density at radius 1 is 1.50 bits per heavy atom. The second kappa shape index (κ2) is 6.10. The van der Waals surface area contributed by atoms with Crippen molar-refractivity contribution in [3.8, 4) is 0 Å². The summed E-state index contributed by atoms with van der Waals surface area (Å²) in [6.45, 7) is 3.51. The lowest BCUT2D eigenvalue weighted by atomic mass is 9.98. The van der Waals surface area contributed by atoms with Crippen LogP contribution in [0.25, 0.3) is 5.65 Å². The average molecular weight is 306 g/mol. The number of hydrogen-bond acceptors (Lipinski definition) is 5. The van der Waals surface area contributed by atoms with Crippen LogP contribution in [-0.4, -0.2) is 50.8 Å². The van der Waals surface area contributed by atoms with Crippen LogP contribution in [0.5, 0.6) is 0 Å². The second-order valence-corrected chi connectivity index (χ2v) is 5.41. The summed E-state index contributed by atoms with van der Waals surface area (Å²) >= 11 is 0. The molecular weight excluding hydrogens is 288 g/mol. The highest BCUT2D eigenvalue weighted by Crippen LogP contribution is 2.14. The minimum Gasteiger partial charge on any atom is -0.481 e. The van der Waals surface area contributed by atoms with Crippen LogP contribution in [0.3, 0.4) is 0 Å². The number of carbonyl (C=O) groups is 2. The lowest BCUT2D eigenvalue weighted by molar-refractivity contribution is -0.139. The van der Waals surface area contributed by atoms with Gasteiger partial charge in [-0.3, -0.25) is 9.59 Å². The zero-order valence-corrected chi connectivity index (χ0v) is 12.7. The quantitative estimate of drug-likeness (QED) is 0.811. The molecule has 2 N–H and O–H groups in total. The highest BCUT2D eigenvalue weighted by Gasteiger charge is 2.31. The van der Waals surface area contributed by atoms with Crippen molar-refractivity contribution >= 4 is 17.5 Å². The number of methoxy groups -OCH3 is 1.